The molecule has 5 nitrogen and oxygen atoms in total. The van der Waals surface area contributed by atoms with Crippen LogP contribution in [0.1, 0.15) is 33.6 Å². The van der Waals surface area contributed by atoms with Crippen LogP contribution in [0.2, 0.25) is 0 Å². The van der Waals surface area contributed by atoms with Gasteiger partial charge < -0.3 is 19.7 Å². The van der Waals surface area contributed by atoms with Crippen molar-refractivity contribution in [3.63, 3.8) is 0 Å². The number of nitrogens with zero attached hydrogens (tertiary/aromatic N) is 1. The lowest BCUT2D eigenvalue weighted by Crippen LogP contribution is -2.51. The summed E-state index contributed by atoms with van der Waals surface area (Å²) < 4.78 is 11.3. The van der Waals surface area contributed by atoms with E-state index in [4.69, 9.17) is 9.47 Å². The molecule has 0 atom stereocenters. The average Bonchev–Trinajstić information content (AvgIpc) is 2.22. The predicted molar refractivity (Wildman–Crippen MR) is 75.8 cm³/mol. The normalized spacial score (nSPS) is 21.5. The minimum atomic E-state index is -0.415. The third kappa shape index (κ3) is 5.16. The highest BCUT2D eigenvalue weighted by atomic mass is 35.5. The van der Waals surface area contributed by atoms with Crippen LogP contribution in [0, 0.1) is 0 Å². The Kier molecular flexibility index (Phi) is 5.89. The summed E-state index contributed by atoms with van der Waals surface area (Å²) in [4.78, 5) is 13.6. The molecule has 0 aromatic rings. The van der Waals surface area contributed by atoms with Crippen molar-refractivity contribution in [2.45, 2.75) is 51.4 Å². The highest BCUT2D eigenvalue weighted by Crippen LogP contribution is 2.19. The molecule has 2 saturated heterocycles. The lowest BCUT2D eigenvalue weighted by molar-refractivity contribution is -0.0635. The predicted octanol–water partition coefficient (Wildman–Crippen LogP) is 1.80. The number of carbonyl (C=O) groups is 1. The van der Waals surface area contributed by atoms with Crippen molar-refractivity contribution in [2.75, 3.05) is 26.2 Å². The Morgan fingerprint density at radius 3 is 2.16 bits per heavy atom. The largest absolute Gasteiger partial charge is 0.444 e. The summed E-state index contributed by atoms with van der Waals surface area (Å²) in [6.45, 7) is 9.08. The average molecular weight is 293 g/mol. The molecule has 0 aromatic carbocycles. The molecule has 0 radical (unpaired) electrons. The van der Waals surface area contributed by atoms with Crippen molar-refractivity contribution < 1.29 is 14.3 Å². The van der Waals surface area contributed by atoms with E-state index in [9.17, 15) is 4.79 Å². The van der Waals surface area contributed by atoms with E-state index in [1.807, 2.05) is 20.8 Å². The Morgan fingerprint density at radius 1 is 1.16 bits per heavy atom. The van der Waals surface area contributed by atoms with E-state index in [0.717, 1.165) is 39.0 Å². The third-order valence-electron chi connectivity index (χ3n) is 3.22. The van der Waals surface area contributed by atoms with Gasteiger partial charge in [0.05, 0.1) is 12.2 Å². The third-order valence-corrected chi connectivity index (χ3v) is 3.22. The number of likely N-dealkylation sites (tertiary alicyclic amines) is 1. The minimum absolute atomic E-state index is 0. The Balaban J connectivity index is 0.00000180. The molecule has 0 bridgehead atoms. The lowest BCUT2D eigenvalue weighted by atomic mass is 10.1. The number of hydrogen-bond donors (Lipinski definition) is 1. The molecule has 0 aromatic heterocycles. The van der Waals surface area contributed by atoms with Gasteiger partial charge in [0.25, 0.3) is 0 Å². The number of nitrogens with one attached hydrogen (secondary N) is 1. The summed E-state index contributed by atoms with van der Waals surface area (Å²) in [6.07, 6.45) is 2.30. The molecule has 0 spiro atoms. The highest BCUT2D eigenvalue weighted by Gasteiger charge is 2.29. The van der Waals surface area contributed by atoms with Crippen LogP contribution in [0.5, 0.6) is 0 Å². The van der Waals surface area contributed by atoms with Crippen LogP contribution in [0.25, 0.3) is 0 Å². The van der Waals surface area contributed by atoms with Crippen LogP contribution < -0.4 is 5.32 Å². The molecule has 2 aliphatic rings. The van der Waals surface area contributed by atoms with Gasteiger partial charge in [0.2, 0.25) is 0 Å². The summed E-state index contributed by atoms with van der Waals surface area (Å²) in [5.41, 5.74) is -0.415. The van der Waals surface area contributed by atoms with E-state index in [1.165, 1.54) is 0 Å². The van der Waals surface area contributed by atoms with Gasteiger partial charge in [-0.25, -0.2) is 4.79 Å². The fraction of sp³-hybridized carbons (Fsp3) is 0.923. The molecule has 2 aliphatic heterocycles. The van der Waals surface area contributed by atoms with Crippen molar-refractivity contribution in [3.8, 4) is 0 Å². The van der Waals surface area contributed by atoms with Gasteiger partial charge in [-0.3, -0.25) is 0 Å². The van der Waals surface area contributed by atoms with Gasteiger partial charge in [0.15, 0.2) is 0 Å². The fourth-order valence-corrected chi connectivity index (χ4v) is 2.13. The van der Waals surface area contributed by atoms with E-state index in [2.05, 4.69) is 5.32 Å². The summed E-state index contributed by atoms with van der Waals surface area (Å²) in [6, 6.07) is 0. The molecule has 1 amide bonds. The van der Waals surface area contributed by atoms with Gasteiger partial charge in [-0.15, -0.1) is 12.4 Å². The molecule has 112 valence electrons. The Hall–Kier alpha value is -0.520. The van der Waals surface area contributed by atoms with E-state index in [0.29, 0.717) is 12.2 Å². The number of amides is 1. The zero-order chi connectivity index (χ0) is 13.2. The second kappa shape index (κ2) is 6.77. The first-order valence-electron chi connectivity index (χ1n) is 6.78. The standard InChI is InChI=1S/C13H24N2O3.ClH/c1-13(2,3)18-12(16)15-6-4-10(5-7-15)17-11-8-14-9-11;/h10-11,14H,4-9H2,1-3H3;1H. The maximum absolute atomic E-state index is 11.9. The Bertz CT molecular complexity index is 295. The lowest BCUT2D eigenvalue weighted by Gasteiger charge is -2.37. The van der Waals surface area contributed by atoms with Gasteiger partial charge in [0.1, 0.15) is 5.60 Å². The van der Waals surface area contributed by atoms with Gasteiger partial charge in [-0.1, -0.05) is 0 Å². The number of ether oxygens (including phenoxy) is 2. The van der Waals surface area contributed by atoms with E-state index >= 15 is 0 Å². The number of halogens is 1. The van der Waals surface area contributed by atoms with Crippen molar-refractivity contribution in [3.05, 3.63) is 0 Å². The smallest absolute Gasteiger partial charge is 0.410 e. The fourth-order valence-electron chi connectivity index (χ4n) is 2.13. The van der Waals surface area contributed by atoms with Crippen LogP contribution in [-0.2, 0) is 9.47 Å². The van der Waals surface area contributed by atoms with E-state index in [-0.39, 0.29) is 18.5 Å². The van der Waals surface area contributed by atoms with Crippen LogP contribution in [0.15, 0.2) is 0 Å². The molecule has 1 N–H and O–H groups in total. The van der Waals surface area contributed by atoms with Crippen molar-refractivity contribution in [1.82, 2.24) is 10.2 Å². The van der Waals surface area contributed by atoms with Gasteiger partial charge in [-0.05, 0) is 33.6 Å². The Labute approximate surface area is 121 Å². The molecule has 2 fully saturated rings. The Morgan fingerprint density at radius 2 is 1.74 bits per heavy atom. The summed E-state index contributed by atoms with van der Waals surface area (Å²) in [7, 11) is 0. The minimum Gasteiger partial charge on any atom is -0.444 e. The zero-order valence-electron chi connectivity index (χ0n) is 12.0. The summed E-state index contributed by atoms with van der Waals surface area (Å²) >= 11 is 0. The first-order chi connectivity index (χ1) is 8.44. The van der Waals surface area contributed by atoms with Crippen LogP contribution in [0.3, 0.4) is 0 Å². The summed E-state index contributed by atoms with van der Waals surface area (Å²) in [5.74, 6) is 0. The van der Waals surface area contributed by atoms with Crippen molar-refractivity contribution in [1.29, 1.82) is 0 Å². The van der Waals surface area contributed by atoms with Crippen molar-refractivity contribution >= 4 is 18.5 Å². The topological polar surface area (TPSA) is 50.8 Å². The number of hydrogen-bond acceptors (Lipinski definition) is 4. The van der Waals surface area contributed by atoms with Crippen molar-refractivity contribution in [2.24, 2.45) is 0 Å². The van der Waals surface area contributed by atoms with Crippen LogP contribution in [-0.4, -0.2) is 55.0 Å². The first-order valence-corrected chi connectivity index (χ1v) is 6.78. The van der Waals surface area contributed by atoms with Crippen LogP contribution in [0.4, 0.5) is 4.79 Å². The number of rotatable bonds is 2. The number of carbonyl (C=O) groups excluding carboxylic acids is 1. The van der Waals surface area contributed by atoms with Gasteiger partial charge in [0, 0.05) is 26.2 Å². The zero-order valence-corrected chi connectivity index (χ0v) is 12.8. The van der Waals surface area contributed by atoms with E-state index < -0.39 is 5.60 Å². The molecule has 19 heavy (non-hydrogen) atoms. The quantitative estimate of drug-likeness (QED) is 0.843. The number of piperidine rings is 1. The SMILES string of the molecule is CC(C)(C)OC(=O)N1CCC(OC2CNC2)CC1.Cl. The molecular formula is C13H25ClN2O3. The molecule has 0 saturated carbocycles. The molecule has 6 heteroatoms. The second-order valence-corrected chi connectivity index (χ2v) is 6.08. The summed E-state index contributed by atoms with van der Waals surface area (Å²) in [5, 5.41) is 3.19. The molecule has 0 unspecified atom stereocenters. The molecular weight excluding hydrogens is 268 g/mol. The van der Waals surface area contributed by atoms with E-state index in [1.54, 1.807) is 4.90 Å². The maximum atomic E-state index is 11.9. The maximum Gasteiger partial charge on any atom is 0.410 e. The first kappa shape index (κ1) is 16.5. The monoisotopic (exact) mass is 292 g/mol. The van der Waals surface area contributed by atoms with Gasteiger partial charge in [-0.2, -0.15) is 0 Å². The van der Waals surface area contributed by atoms with Crippen LogP contribution >= 0.6 is 12.4 Å². The molecule has 2 rings (SSSR count). The molecule has 2 heterocycles. The highest BCUT2D eigenvalue weighted by molar-refractivity contribution is 5.85. The molecule has 0 aliphatic carbocycles. The van der Waals surface area contributed by atoms with Gasteiger partial charge >= 0.3 is 6.09 Å². The second-order valence-electron chi connectivity index (χ2n) is 6.08.